The highest BCUT2D eigenvalue weighted by Crippen LogP contribution is 2.50. The third-order valence-corrected chi connectivity index (χ3v) is 5.07. The molecule has 0 aliphatic carbocycles. The van der Waals surface area contributed by atoms with E-state index in [0.29, 0.717) is 0 Å². The highest BCUT2D eigenvalue weighted by molar-refractivity contribution is 5.73. The molecule has 0 bridgehead atoms. The number of hydrogen-bond donors (Lipinski definition) is 0. The molecule has 0 aromatic carbocycles. The Morgan fingerprint density at radius 3 is 1.05 bits per heavy atom. The van der Waals surface area contributed by atoms with Gasteiger partial charge in [0.15, 0.2) is 0 Å². The highest BCUT2D eigenvalue weighted by Gasteiger charge is 2.62. The molecule has 4 rings (SSSR count). The monoisotopic (exact) mass is 288 g/mol. The summed E-state index contributed by atoms with van der Waals surface area (Å²) in [5, 5.41) is 20.8. The van der Waals surface area contributed by atoms with Gasteiger partial charge in [0.2, 0.25) is 0 Å². The normalized spacial score (nSPS) is 39.7. The lowest BCUT2D eigenvalue weighted by Crippen LogP contribution is -2.70. The molecule has 0 aromatic rings. The fraction of sp³-hybridized carbons (Fsp3) is 0.800. The van der Waals surface area contributed by atoms with Crippen molar-refractivity contribution in [1.82, 2.24) is 15.0 Å². The van der Waals surface area contributed by atoms with Crippen LogP contribution >= 0.6 is 0 Å². The van der Waals surface area contributed by atoms with E-state index in [1.165, 1.54) is 0 Å². The minimum absolute atomic E-state index is 0.0270. The average Bonchev–Trinajstić information content (AvgIpc) is 2.94. The predicted octanol–water partition coefficient (Wildman–Crippen LogP) is 1.96. The number of nitrogens with zero attached hydrogens (tertiary/aromatic N) is 6. The van der Waals surface area contributed by atoms with Crippen LogP contribution in [0.2, 0.25) is 0 Å². The first kappa shape index (κ1) is 13.1. The molecule has 0 atom stereocenters. The lowest BCUT2D eigenvalue weighted by molar-refractivity contribution is -0.205. The topological polar surface area (TPSA) is 46.8 Å². The van der Waals surface area contributed by atoms with Crippen LogP contribution in [-0.2, 0) is 0 Å². The molecule has 1 fully saturated rings. The summed E-state index contributed by atoms with van der Waals surface area (Å²) in [7, 11) is 0. The predicted molar refractivity (Wildman–Crippen MR) is 83.7 cm³/mol. The molecule has 0 amide bonds. The van der Waals surface area contributed by atoms with Crippen molar-refractivity contribution in [2.75, 3.05) is 0 Å². The summed E-state index contributed by atoms with van der Waals surface area (Å²) in [6, 6.07) is 0. The summed E-state index contributed by atoms with van der Waals surface area (Å²) in [6.45, 7) is 13.4. The fourth-order valence-corrected chi connectivity index (χ4v) is 4.04. The third-order valence-electron chi connectivity index (χ3n) is 5.07. The molecule has 0 N–H and O–H groups in total. The van der Waals surface area contributed by atoms with Crippen molar-refractivity contribution in [2.45, 2.75) is 60.0 Å². The van der Waals surface area contributed by atoms with Gasteiger partial charge in [0.1, 0.15) is 18.5 Å². The molecule has 4 aliphatic rings. The minimum Gasteiger partial charge on any atom is -0.247 e. The van der Waals surface area contributed by atoms with E-state index in [4.69, 9.17) is 15.3 Å². The summed E-state index contributed by atoms with van der Waals surface area (Å²) in [5.41, 5.74) is -0.0810. The van der Waals surface area contributed by atoms with Gasteiger partial charge in [-0.25, -0.2) is 15.0 Å². The van der Waals surface area contributed by atoms with Gasteiger partial charge in [-0.2, -0.15) is 15.3 Å². The van der Waals surface area contributed by atoms with Gasteiger partial charge < -0.3 is 0 Å². The Balaban J connectivity index is 1.85. The van der Waals surface area contributed by atoms with Crippen molar-refractivity contribution in [3.63, 3.8) is 0 Å². The van der Waals surface area contributed by atoms with Gasteiger partial charge in [0.25, 0.3) is 0 Å². The lowest BCUT2D eigenvalue weighted by atomic mass is 9.83. The van der Waals surface area contributed by atoms with Crippen LogP contribution in [0.3, 0.4) is 0 Å². The van der Waals surface area contributed by atoms with Crippen LogP contribution in [-0.4, -0.2) is 52.2 Å². The van der Waals surface area contributed by atoms with Gasteiger partial charge in [-0.05, 0) is 0 Å². The highest BCUT2D eigenvalue weighted by atomic mass is 15.8. The second-order valence-electron chi connectivity index (χ2n) is 8.46. The Bertz CT molecular complexity index is 480. The van der Waals surface area contributed by atoms with Crippen molar-refractivity contribution in [3.8, 4) is 0 Å². The maximum absolute atomic E-state index is 4.73. The van der Waals surface area contributed by atoms with Gasteiger partial charge in [-0.3, -0.25) is 0 Å². The molecule has 0 aromatic heterocycles. The van der Waals surface area contributed by atoms with Crippen molar-refractivity contribution in [2.24, 2.45) is 31.5 Å². The number of fused-ring (bicyclic) bond motifs is 6. The zero-order valence-corrected chi connectivity index (χ0v) is 13.6. The van der Waals surface area contributed by atoms with E-state index in [0.717, 1.165) is 0 Å². The molecule has 0 unspecified atom stereocenters. The van der Waals surface area contributed by atoms with E-state index in [9.17, 15) is 0 Å². The Kier molecular flexibility index (Phi) is 2.13. The van der Waals surface area contributed by atoms with E-state index in [2.05, 4.69) is 75.2 Å². The largest absolute Gasteiger partial charge is 0.247 e. The van der Waals surface area contributed by atoms with Gasteiger partial charge in [0.05, 0.1) is 0 Å². The molecular formula is C15H24N6. The molecule has 0 saturated carbocycles. The van der Waals surface area contributed by atoms with Crippen LogP contribution in [0.1, 0.15) is 41.5 Å². The quantitative estimate of drug-likeness (QED) is 0.684. The zero-order valence-electron chi connectivity index (χ0n) is 13.6. The van der Waals surface area contributed by atoms with Crippen LogP contribution in [0.5, 0.6) is 0 Å². The van der Waals surface area contributed by atoms with Gasteiger partial charge in [0, 0.05) is 34.9 Å². The standard InChI is InChI=1S/C15H24N6/c1-13(2)7-16-19-10(13)20-12(14(3,4)8-17-20)21-11(19)15(5,6)9-18-21/h7-12H,1-6H3. The second kappa shape index (κ2) is 3.42. The SMILES string of the molecule is CC1(C)C=NN2C1N1N=CC(C)(C)C1N1N=CC(C)(C)C21. The first-order chi connectivity index (χ1) is 9.65. The maximum Gasteiger partial charge on any atom is 0.149 e. The minimum atomic E-state index is -0.0270. The Morgan fingerprint density at radius 1 is 0.571 bits per heavy atom. The number of hydrogen-bond acceptors (Lipinski definition) is 6. The molecule has 0 radical (unpaired) electrons. The van der Waals surface area contributed by atoms with Crippen molar-refractivity contribution in [1.29, 1.82) is 0 Å². The lowest BCUT2D eigenvalue weighted by Gasteiger charge is -2.56. The third kappa shape index (κ3) is 1.45. The Labute approximate surface area is 126 Å². The van der Waals surface area contributed by atoms with Crippen molar-refractivity contribution in [3.05, 3.63) is 0 Å². The fourth-order valence-electron chi connectivity index (χ4n) is 4.04. The summed E-state index contributed by atoms with van der Waals surface area (Å²) in [6.07, 6.45) is 6.65. The van der Waals surface area contributed by atoms with E-state index in [1.807, 2.05) is 0 Å². The first-order valence-electron chi connectivity index (χ1n) is 7.66. The molecule has 6 nitrogen and oxygen atoms in total. The van der Waals surface area contributed by atoms with E-state index in [1.54, 1.807) is 0 Å². The number of rotatable bonds is 0. The van der Waals surface area contributed by atoms with Crippen LogP contribution in [0.15, 0.2) is 15.3 Å². The van der Waals surface area contributed by atoms with Gasteiger partial charge >= 0.3 is 0 Å². The Morgan fingerprint density at radius 2 is 0.810 bits per heavy atom. The van der Waals surface area contributed by atoms with E-state index in [-0.39, 0.29) is 34.7 Å². The zero-order chi connectivity index (χ0) is 15.2. The molecule has 21 heavy (non-hydrogen) atoms. The van der Waals surface area contributed by atoms with E-state index < -0.39 is 0 Å². The molecule has 4 heterocycles. The smallest absolute Gasteiger partial charge is 0.149 e. The maximum atomic E-state index is 4.73. The average molecular weight is 288 g/mol. The first-order valence-corrected chi connectivity index (χ1v) is 7.66. The summed E-state index contributed by atoms with van der Waals surface area (Å²) in [5.74, 6) is 0. The van der Waals surface area contributed by atoms with Crippen molar-refractivity contribution >= 4 is 18.6 Å². The van der Waals surface area contributed by atoms with Gasteiger partial charge in [-0.15, -0.1) is 0 Å². The van der Waals surface area contributed by atoms with Crippen LogP contribution in [0, 0.1) is 16.2 Å². The number of hydrazone groups is 3. The summed E-state index contributed by atoms with van der Waals surface area (Å²) in [4.78, 5) is 0. The summed E-state index contributed by atoms with van der Waals surface area (Å²) < 4.78 is 0. The second-order valence-corrected chi connectivity index (χ2v) is 8.46. The van der Waals surface area contributed by atoms with E-state index >= 15 is 0 Å². The molecule has 6 heteroatoms. The molecule has 1 saturated heterocycles. The Hall–Kier alpha value is -1.59. The molecule has 0 spiro atoms. The van der Waals surface area contributed by atoms with Crippen molar-refractivity contribution < 1.29 is 0 Å². The molecule has 4 aliphatic heterocycles. The summed E-state index contributed by atoms with van der Waals surface area (Å²) >= 11 is 0. The van der Waals surface area contributed by atoms with Gasteiger partial charge in [-0.1, -0.05) is 41.5 Å². The van der Waals surface area contributed by atoms with Crippen LogP contribution in [0.4, 0.5) is 0 Å². The molecular weight excluding hydrogens is 264 g/mol. The molecule has 114 valence electrons. The van der Waals surface area contributed by atoms with Crippen LogP contribution < -0.4 is 0 Å². The van der Waals surface area contributed by atoms with Crippen LogP contribution in [0.25, 0.3) is 0 Å².